The normalized spacial score (nSPS) is 12.1. The van der Waals surface area contributed by atoms with Crippen LogP contribution >= 0.6 is 11.6 Å². The molecule has 0 aliphatic heterocycles. The van der Waals surface area contributed by atoms with Gasteiger partial charge in [0.1, 0.15) is 28.9 Å². The first-order chi connectivity index (χ1) is 13.1. The minimum atomic E-state index is -0.475. The fraction of sp³-hybridized carbons (Fsp3) is 0.0952. The number of furan rings is 1. The number of fused-ring (bicyclic) bond motifs is 1. The molecule has 0 saturated carbocycles. The van der Waals surface area contributed by atoms with Gasteiger partial charge in [-0.2, -0.15) is 0 Å². The van der Waals surface area contributed by atoms with Crippen LogP contribution in [0.25, 0.3) is 11.0 Å². The van der Waals surface area contributed by atoms with E-state index >= 15 is 0 Å². The van der Waals surface area contributed by atoms with Gasteiger partial charge in [0.15, 0.2) is 0 Å². The Hall–Kier alpha value is -3.18. The van der Waals surface area contributed by atoms with Gasteiger partial charge in [0, 0.05) is 5.39 Å². The molecule has 0 aliphatic rings. The van der Waals surface area contributed by atoms with Crippen molar-refractivity contribution < 1.29 is 9.21 Å². The molecule has 0 radical (unpaired) electrons. The molecule has 27 heavy (non-hydrogen) atoms. The zero-order valence-electron chi connectivity index (χ0n) is 14.5. The maximum absolute atomic E-state index is 12.9. The summed E-state index contributed by atoms with van der Waals surface area (Å²) in [5, 5.41) is 4.16. The third kappa shape index (κ3) is 3.55. The summed E-state index contributed by atoms with van der Waals surface area (Å²) in [5.41, 5.74) is 1.80. The lowest BCUT2D eigenvalue weighted by Gasteiger charge is -2.17. The molecule has 0 aliphatic carbocycles. The number of carbonyl (C=O) groups excluding carboxylic acids is 1. The molecule has 1 N–H and O–H groups in total. The number of benzene rings is 2. The first-order valence-corrected chi connectivity index (χ1v) is 8.83. The van der Waals surface area contributed by atoms with Gasteiger partial charge in [-0.15, -0.1) is 0 Å². The fourth-order valence-electron chi connectivity index (χ4n) is 2.92. The quantitative estimate of drug-likeness (QED) is 0.559. The second-order valence-corrected chi connectivity index (χ2v) is 6.52. The van der Waals surface area contributed by atoms with Gasteiger partial charge in [0.25, 0.3) is 5.91 Å². The Morgan fingerprint density at radius 1 is 1.11 bits per heavy atom. The van der Waals surface area contributed by atoms with E-state index in [0.29, 0.717) is 11.6 Å². The third-order valence-corrected chi connectivity index (χ3v) is 4.49. The molecule has 0 fully saturated rings. The van der Waals surface area contributed by atoms with E-state index in [1.165, 1.54) is 6.20 Å². The third-order valence-electron chi connectivity index (χ3n) is 4.22. The number of carbonyl (C=O) groups is 1. The van der Waals surface area contributed by atoms with Crippen molar-refractivity contribution in [2.75, 3.05) is 0 Å². The van der Waals surface area contributed by atoms with Gasteiger partial charge in [-0.3, -0.25) is 4.79 Å². The van der Waals surface area contributed by atoms with Crippen LogP contribution in [0.4, 0.5) is 0 Å². The van der Waals surface area contributed by atoms with Gasteiger partial charge in [0.2, 0.25) is 0 Å². The van der Waals surface area contributed by atoms with Crippen LogP contribution in [-0.4, -0.2) is 15.9 Å². The highest BCUT2D eigenvalue weighted by Crippen LogP contribution is 2.29. The highest BCUT2D eigenvalue weighted by molar-refractivity contribution is 6.33. The molecular weight excluding hydrogens is 362 g/mol. The number of para-hydroxylation sites is 1. The van der Waals surface area contributed by atoms with Gasteiger partial charge in [-0.1, -0.05) is 60.1 Å². The Morgan fingerprint density at radius 3 is 2.63 bits per heavy atom. The van der Waals surface area contributed by atoms with Gasteiger partial charge in [-0.25, -0.2) is 9.97 Å². The number of hydrogen-bond donors (Lipinski definition) is 1. The fourth-order valence-corrected chi connectivity index (χ4v) is 3.10. The minimum absolute atomic E-state index is 0.140. The van der Waals surface area contributed by atoms with Crippen molar-refractivity contribution in [2.45, 2.75) is 13.0 Å². The van der Waals surface area contributed by atoms with Crippen molar-refractivity contribution >= 4 is 28.5 Å². The molecule has 0 spiro atoms. The number of aryl methyl sites for hydroxylation is 1. The first kappa shape index (κ1) is 17.2. The summed E-state index contributed by atoms with van der Waals surface area (Å²) in [7, 11) is 0. The molecule has 6 heteroatoms. The summed E-state index contributed by atoms with van der Waals surface area (Å²) < 4.78 is 5.99. The first-order valence-electron chi connectivity index (χ1n) is 8.45. The summed E-state index contributed by atoms with van der Waals surface area (Å²) in [6.45, 7) is 1.71. The highest BCUT2D eigenvalue weighted by Gasteiger charge is 2.23. The van der Waals surface area contributed by atoms with E-state index in [1.807, 2.05) is 60.7 Å². The second kappa shape index (κ2) is 7.21. The van der Waals surface area contributed by atoms with Gasteiger partial charge < -0.3 is 9.73 Å². The number of nitrogens with zero attached hydrogens (tertiary/aromatic N) is 2. The molecular formula is C21H16ClN3O2. The van der Waals surface area contributed by atoms with Crippen molar-refractivity contribution in [3.63, 3.8) is 0 Å². The van der Waals surface area contributed by atoms with Crippen LogP contribution in [0.2, 0.25) is 5.02 Å². The van der Waals surface area contributed by atoms with E-state index in [-0.39, 0.29) is 16.6 Å². The Kier molecular flexibility index (Phi) is 4.60. The number of aromatic nitrogens is 2. The molecule has 134 valence electrons. The highest BCUT2D eigenvalue weighted by atomic mass is 35.5. The molecule has 1 amide bonds. The number of halogens is 1. The van der Waals surface area contributed by atoms with E-state index in [2.05, 4.69) is 15.3 Å². The standard InChI is InChI=1S/C21H16ClN3O2/c1-13-23-12-16(22)20(24-13)21(26)25-19(14-7-3-2-4-8-14)18-11-15-9-5-6-10-17(15)27-18/h2-12,19H,1H3,(H,25,26)/t19-/m0/s1. The maximum atomic E-state index is 12.9. The van der Waals surface area contributed by atoms with E-state index in [4.69, 9.17) is 16.0 Å². The number of hydrogen-bond acceptors (Lipinski definition) is 4. The predicted molar refractivity (Wildman–Crippen MR) is 104 cm³/mol. The van der Waals surface area contributed by atoms with Crippen LogP contribution in [0.5, 0.6) is 0 Å². The van der Waals surface area contributed by atoms with Crippen molar-refractivity contribution in [1.82, 2.24) is 15.3 Å². The van der Waals surface area contributed by atoms with Crippen LogP contribution < -0.4 is 5.32 Å². The average molecular weight is 378 g/mol. The number of amides is 1. The lowest BCUT2D eigenvalue weighted by Crippen LogP contribution is -2.30. The van der Waals surface area contributed by atoms with E-state index in [0.717, 1.165) is 16.5 Å². The summed E-state index contributed by atoms with van der Waals surface area (Å²) >= 11 is 6.12. The summed E-state index contributed by atoms with van der Waals surface area (Å²) in [5.74, 6) is 0.724. The van der Waals surface area contributed by atoms with Crippen molar-refractivity contribution in [3.8, 4) is 0 Å². The molecule has 4 rings (SSSR count). The maximum Gasteiger partial charge on any atom is 0.272 e. The molecule has 5 nitrogen and oxygen atoms in total. The Labute approximate surface area is 161 Å². The van der Waals surface area contributed by atoms with Crippen LogP contribution in [0.3, 0.4) is 0 Å². The summed E-state index contributed by atoms with van der Waals surface area (Å²) in [4.78, 5) is 21.0. The summed E-state index contributed by atoms with van der Waals surface area (Å²) in [6.07, 6.45) is 1.43. The van der Waals surface area contributed by atoms with Crippen LogP contribution in [-0.2, 0) is 0 Å². The molecule has 2 aromatic carbocycles. The molecule has 0 bridgehead atoms. The molecule has 2 heterocycles. The average Bonchev–Trinajstić information content (AvgIpc) is 3.12. The SMILES string of the molecule is Cc1ncc(Cl)c(C(=O)N[C@@H](c2ccccc2)c2cc3ccccc3o2)n1. The van der Waals surface area contributed by atoms with Crippen molar-refractivity contribution in [3.05, 3.63) is 94.7 Å². The van der Waals surface area contributed by atoms with Crippen LogP contribution in [0.15, 0.2) is 71.3 Å². The van der Waals surface area contributed by atoms with Gasteiger partial charge in [0.05, 0.1) is 11.2 Å². The molecule has 0 unspecified atom stereocenters. The smallest absolute Gasteiger partial charge is 0.272 e. The molecule has 0 saturated heterocycles. The Bertz CT molecular complexity index is 1080. The van der Waals surface area contributed by atoms with Crippen molar-refractivity contribution in [1.29, 1.82) is 0 Å². The number of nitrogens with one attached hydrogen (secondary N) is 1. The predicted octanol–water partition coefficient (Wildman–Crippen LogP) is 4.70. The van der Waals surface area contributed by atoms with Crippen LogP contribution in [0, 0.1) is 6.92 Å². The largest absolute Gasteiger partial charge is 0.459 e. The van der Waals surface area contributed by atoms with Gasteiger partial charge in [-0.05, 0) is 24.6 Å². The minimum Gasteiger partial charge on any atom is -0.459 e. The second-order valence-electron chi connectivity index (χ2n) is 6.12. The van der Waals surface area contributed by atoms with E-state index < -0.39 is 6.04 Å². The molecule has 1 atom stereocenters. The lowest BCUT2D eigenvalue weighted by atomic mass is 10.0. The van der Waals surface area contributed by atoms with Crippen molar-refractivity contribution in [2.24, 2.45) is 0 Å². The molecule has 4 aromatic rings. The summed E-state index contributed by atoms with van der Waals surface area (Å²) in [6, 6.07) is 18.8. The molecule has 2 aromatic heterocycles. The van der Waals surface area contributed by atoms with E-state index in [9.17, 15) is 4.79 Å². The van der Waals surface area contributed by atoms with Crippen LogP contribution in [0.1, 0.15) is 33.7 Å². The monoisotopic (exact) mass is 377 g/mol. The topological polar surface area (TPSA) is 68.0 Å². The number of rotatable bonds is 4. The Morgan fingerprint density at radius 2 is 1.85 bits per heavy atom. The zero-order valence-corrected chi connectivity index (χ0v) is 15.3. The van der Waals surface area contributed by atoms with E-state index in [1.54, 1.807) is 6.92 Å². The zero-order chi connectivity index (χ0) is 18.8. The van der Waals surface area contributed by atoms with Gasteiger partial charge >= 0.3 is 0 Å². The lowest BCUT2D eigenvalue weighted by molar-refractivity contribution is 0.0934. The Balaban J connectivity index is 1.74.